The van der Waals surface area contributed by atoms with Crippen LogP contribution >= 0.6 is 0 Å². The summed E-state index contributed by atoms with van der Waals surface area (Å²) in [4.78, 5) is 14.0. The minimum absolute atomic E-state index is 0.0738. The minimum atomic E-state index is -0.0808. The van der Waals surface area contributed by atoms with Crippen LogP contribution in [0.25, 0.3) is 0 Å². The second kappa shape index (κ2) is 4.16. The van der Waals surface area contributed by atoms with Crippen LogP contribution in [0.15, 0.2) is 0 Å². The van der Waals surface area contributed by atoms with Gasteiger partial charge in [0.05, 0.1) is 5.54 Å². The first-order chi connectivity index (χ1) is 8.22. The number of carbonyl (C=O) groups excluding carboxylic acids is 1. The van der Waals surface area contributed by atoms with Crippen molar-refractivity contribution in [2.24, 2.45) is 5.92 Å². The molecule has 1 saturated carbocycles. The van der Waals surface area contributed by atoms with Crippen molar-refractivity contribution in [3.63, 3.8) is 0 Å². The smallest absolute Gasteiger partial charge is 0.410 e. The molecular weight excluding hydrogens is 216 g/mol. The van der Waals surface area contributed by atoms with Gasteiger partial charge in [-0.1, -0.05) is 0 Å². The van der Waals surface area contributed by atoms with E-state index in [0.717, 1.165) is 25.9 Å². The Bertz CT molecular complexity index is 311. The van der Waals surface area contributed by atoms with Gasteiger partial charge in [0.15, 0.2) is 0 Å². The fourth-order valence-electron chi connectivity index (χ4n) is 3.46. The molecule has 1 amide bonds. The SMILES string of the molecule is CC1(C2CCCNC2)COC(=O)N1C1CCC1. The topological polar surface area (TPSA) is 41.6 Å². The summed E-state index contributed by atoms with van der Waals surface area (Å²) >= 11 is 0. The Morgan fingerprint density at radius 3 is 2.76 bits per heavy atom. The third kappa shape index (κ3) is 1.73. The van der Waals surface area contributed by atoms with Crippen LogP contribution in [0.5, 0.6) is 0 Å². The average molecular weight is 238 g/mol. The zero-order chi connectivity index (χ0) is 11.9. The fraction of sp³-hybridized carbons (Fsp3) is 0.923. The molecule has 2 heterocycles. The molecule has 0 aromatic heterocycles. The first kappa shape index (κ1) is 11.3. The molecular formula is C13H22N2O2. The first-order valence-electron chi connectivity index (χ1n) is 6.88. The predicted molar refractivity (Wildman–Crippen MR) is 64.8 cm³/mol. The van der Waals surface area contributed by atoms with E-state index in [-0.39, 0.29) is 11.6 Å². The third-order valence-corrected chi connectivity index (χ3v) is 4.85. The Morgan fingerprint density at radius 1 is 1.35 bits per heavy atom. The highest BCUT2D eigenvalue weighted by Gasteiger charge is 2.52. The number of nitrogens with zero attached hydrogens (tertiary/aromatic N) is 1. The van der Waals surface area contributed by atoms with E-state index in [4.69, 9.17) is 4.74 Å². The minimum Gasteiger partial charge on any atom is -0.447 e. The summed E-state index contributed by atoms with van der Waals surface area (Å²) in [6.07, 6.45) is 5.92. The van der Waals surface area contributed by atoms with Crippen LogP contribution in [0.1, 0.15) is 39.0 Å². The second-order valence-corrected chi connectivity index (χ2v) is 5.91. The van der Waals surface area contributed by atoms with Gasteiger partial charge < -0.3 is 10.1 Å². The van der Waals surface area contributed by atoms with Crippen LogP contribution in [-0.4, -0.2) is 42.3 Å². The van der Waals surface area contributed by atoms with Crippen LogP contribution in [-0.2, 0) is 4.74 Å². The zero-order valence-corrected chi connectivity index (χ0v) is 10.6. The summed E-state index contributed by atoms with van der Waals surface area (Å²) in [6.45, 7) is 4.93. The van der Waals surface area contributed by atoms with Gasteiger partial charge in [-0.15, -0.1) is 0 Å². The van der Waals surface area contributed by atoms with E-state index in [0.29, 0.717) is 18.6 Å². The number of carbonyl (C=O) groups is 1. The molecule has 3 fully saturated rings. The molecule has 0 radical (unpaired) electrons. The van der Waals surface area contributed by atoms with Gasteiger partial charge in [-0.05, 0) is 51.5 Å². The number of amides is 1. The lowest BCUT2D eigenvalue weighted by Crippen LogP contribution is -2.59. The molecule has 2 saturated heterocycles. The predicted octanol–water partition coefficient (Wildman–Crippen LogP) is 1.75. The number of hydrogen-bond acceptors (Lipinski definition) is 3. The largest absolute Gasteiger partial charge is 0.447 e. The van der Waals surface area contributed by atoms with Crippen molar-refractivity contribution >= 4 is 6.09 Å². The van der Waals surface area contributed by atoms with Crippen molar-refractivity contribution in [3.05, 3.63) is 0 Å². The van der Waals surface area contributed by atoms with Gasteiger partial charge in [-0.2, -0.15) is 0 Å². The molecule has 0 bridgehead atoms. The maximum absolute atomic E-state index is 12.0. The Kier molecular flexibility index (Phi) is 2.77. The Hall–Kier alpha value is -0.770. The monoisotopic (exact) mass is 238 g/mol. The molecule has 4 heteroatoms. The first-order valence-corrected chi connectivity index (χ1v) is 6.88. The molecule has 17 heavy (non-hydrogen) atoms. The van der Waals surface area contributed by atoms with Gasteiger partial charge in [-0.25, -0.2) is 4.79 Å². The molecule has 3 rings (SSSR count). The van der Waals surface area contributed by atoms with Crippen LogP contribution in [0, 0.1) is 5.92 Å². The Balaban J connectivity index is 1.80. The van der Waals surface area contributed by atoms with Gasteiger partial charge in [-0.3, -0.25) is 4.90 Å². The van der Waals surface area contributed by atoms with Crippen LogP contribution in [0.4, 0.5) is 4.79 Å². The lowest BCUT2D eigenvalue weighted by atomic mass is 9.77. The highest BCUT2D eigenvalue weighted by Crippen LogP contribution is 2.40. The molecule has 2 unspecified atom stereocenters. The molecule has 4 nitrogen and oxygen atoms in total. The number of piperidine rings is 1. The third-order valence-electron chi connectivity index (χ3n) is 4.85. The molecule has 0 spiro atoms. The van der Waals surface area contributed by atoms with Crippen molar-refractivity contribution in [1.82, 2.24) is 10.2 Å². The fourth-order valence-corrected chi connectivity index (χ4v) is 3.46. The molecule has 1 N–H and O–H groups in total. The van der Waals surface area contributed by atoms with Crippen molar-refractivity contribution < 1.29 is 9.53 Å². The van der Waals surface area contributed by atoms with E-state index in [1.807, 2.05) is 0 Å². The second-order valence-electron chi connectivity index (χ2n) is 5.91. The van der Waals surface area contributed by atoms with Gasteiger partial charge in [0.25, 0.3) is 0 Å². The standard InChI is InChI=1S/C13H22N2O2/c1-13(10-4-3-7-14-8-10)9-17-12(16)15(13)11-5-2-6-11/h10-11,14H,2-9H2,1H3. The summed E-state index contributed by atoms with van der Waals surface area (Å²) in [6, 6.07) is 0.442. The summed E-state index contributed by atoms with van der Waals surface area (Å²) in [7, 11) is 0. The van der Waals surface area contributed by atoms with Crippen molar-refractivity contribution in [2.75, 3.05) is 19.7 Å². The normalized spacial score (nSPS) is 39.0. The maximum atomic E-state index is 12.0. The van der Waals surface area contributed by atoms with Gasteiger partial charge in [0, 0.05) is 12.6 Å². The zero-order valence-electron chi connectivity index (χ0n) is 10.6. The van der Waals surface area contributed by atoms with Crippen LogP contribution < -0.4 is 5.32 Å². The number of rotatable bonds is 2. The summed E-state index contributed by atoms with van der Waals surface area (Å²) in [5.74, 6) is 0.545. The Morgan fingerprint density at radius 2 is 2.18 bits per heavy atom. The number of hydrogen-bond donors (Lipinski definition) is 1. The quantitative estimate of drug-likeness (QED) is 0.797. The number of cyclic esters (lactones) is 1. The van der Waals surface area contributed by atoms with Gasteiger partial charge in [0.2, 0.25) is 0 Å². The Labute approximate surface area is 103 Å². The van der Waals surface area contributed by atoms with Gasteiger partial charge in [0.1, 0.15) is 6.61 Å². The van der Waals surface area contributed by atoms with E-state index in [1.54, 1.807) is 0 Å². The number of nitrogens with one attached hydrogen (secondary N) is 1. The lowest BCUT2D eigenvalue weighted by molar-refractivity contribution is 0.0394. The molecule has 0 aromatic rings. The summed E-state index contributed by atoms with van der Waals surface area (Å²) in [5.41, 5.74) is -0.0738. The maximum Gasteiger partial charge on any atom is 0.410 e. The van der Waals surface area contributed by atoms with Crippen molar-refractivity contribution in [2.45, 2.75) is 50.6 Å². The van der Waals surface area contributed by atoms with Crippen molar-refractivity contribution in [3.8, 4) is 0 Å². The lowest BCUT2D eigenvalue weighted by Gasteiger charge is -2.47. The van der Waals surface area contributed by atoms with Crippen LogP contribution in [0.2, 0.25) is 0 Å². The van der Waals surface area contributed by atoms with Gasteiger partial charge >= 0.3 is 6.09 Å². The average Bonchev–Trinajstić information content (AvgIpc) is 2.58. The molecule has 2 atom stereocenters. The molecule has 0 aromatic carbocycles. The van der Waals surface area contributed by atoms with E-state index in [1.165, 1.54) is 19.3 Å². The molecule has 1 aliphatic carbocycles. The summed E-state index contributed by atoms with van der Waals surface area (Å²) in [5, 5.41) is 3.45. The van der Waals surface area contributed by atoms with E-state index < -0.39 is 0 Å². The van der Waals surface area contributed by atoms with E-state index >= 15 is 0 Å². The highest BCUT2D eigenvalue weighted by molar-refractivity contribution is 5.71. The molecule has 96 valence electrons. The number of ether oxygens (including phenoxy) is 1. The van der Waals surface area contributed by atoms with Crippen LogP contribution in [0.3, 0.4) is 0 Å². The van der Waals surface area contributed by atoms with Crippen molar-refractivity contribution in [1.29, 1.82) is 0 Å². The molecule has 3 aliphatic rings. The summed E-state index contributed by atoms with van der Waals surface area (Å²) < 4.78 is 5.35. The van der Waals surface area contributed by atoms with E-state index in [9.17, 15) is 4.79 Å². The molecule has 2 aliphatic heterocycles. The van der Waals surface area contributed by atoms with E-state index in [2.05, 4.69) is 17.1 Å². The highest BCUT2D eigenvalue weighted by atomic mass is 16.6.